The molecule has 0 spiro atoms. The number of halogens is 1. The van der Waals surface area contributed by atoms with Gasteiger partial charge in [-0.15, -0.1) is 10.2 Å². The van der Waals surface area contributed by atoms with Crippen LogP contribution in [-0.4, -0.2) is 35.1 Å². The molecule has 10 heteroatoms. The summed E-state index contributed by atoms with van der Waals surface area (Å²) in [7, 11) is 0. The highest BCUT2D eigenvalue weighted by atomic mass is 19.1. The van der Waals surface area contributed by atoms with Crippen LogP contribution in [0.4, 0.5) is 10.1 Å². The topological polar surface area (TPSA) is 113 Å². The zero-order valence-corrected chi connectivity index (χ0v) is 18.7. The number of hydrogen-bond donors (Lipinski definition) is 1. The van der Waals surface area contributed by atoms with E-state index in [1.807, 2.05) is 41.8 Å². The molecule has 1 amide bonds. The van der Waals surface area contributed by atoms with Crippen molar-refractivity contribution in [3.63, 3.8) is 0 Å². The fourth-order valence-electron chi connectivity index (χ4n) is 4.12. The summed E-state index contributed by atoms with van der Waals surface area (Å²) in [6.45, 7) is 1.96. The van der Waals surface area contributed by atoms with Crippen molar-refractivity contribution in [2.24, 2.45) is 5.92 Å². The Balaban J connectivity index is 1.41. The molecule has 0 saturated heterocycles. The molecule has 1 aromatic carbocycles. The minimum Gasteiger partial charge on any atom is -0.323 e. The van der Waals surface area contributed by atoms with Crippen molar-refractivity contribution in [3.8, 4) is 17.2 Å². The zero-order chi connectivity index (χ0) is 24.1. The molecular formula is C25H19FN8O. The Morgan fingerprint density at radius 1 is 1.20 bits per heavy atom. The van der Waals surface area contributed by atoms with Crippen molar-refractivity contribution in [2.45, 2.75) is 25.7 Å². The number of pyridine rings is 1. The largest absolute Gasteiger partial charge is 0.323 e. The van der Waals surface area contributed by atoms with E-state index in [2.05, 4.69) is 25.6 Å². The molecule has 1 unspecified atom stereocenters. The minimum atomic E-state index is -0.554. The number of carbonyl (C=O) groups is 1. The van der Waals surface area contributed by atoms with E-state index >= 15 is 0 Å². The Morgan fingerprint density at radius 2 is 2.03 bits per heavy atom. The van der Waals surface area contributed by atoms with Crippen LogP contribution in [0.3, 0.4) is 0 Å². The van der Waals surface area contributed by atoms with E-state index in [1.165, 1.54) is 12.1 Å². The lowest BCUT2D eigenvalue weighted by molar-refractivity contribution is -0.117. The van der Waals surface area contributed by atoms with E-state index in [9.17, 15) is 14.4 Å². The fourth-order valence-corrected chi connectivity index (χ4v) is 4.12. The van der Waals surface area contributed by atoms with Gasteiger partial charge in [0, 0.05) is 24.5 Å². The molecular weight excluding hydrogens is 447 g/mol. The molecule has 172 valence electrons. The van der Waals surface area contributed by atoms with Gasteiger partial charge in [0.25, 0.3) is 0 Å². The standard InChI is InChI=1S/C25H19FN8O/c1-14(20-11-21(29-25(35)15-2-3-15)24-28-8-9-34(24)32-20)23-31-30-22-7-5-17(13-33(22)23)16-4-6-19(26)18(10-16)12-27/h4-11,13-15H,2-3H2,1H3,(H,29,35). The number of nitrogens with zero attached hydrogens (tertiary/aromatic N) is 7. The van der Waals surface area contributed by atoms with Crippen LogP contribution in [-0.2, 0) is 4.79 Å². The summed E-state index contributed by atoms with van der Waals surface area (Å²) in [4.78, 5) is 16.8. The van der Waals surface area contributed by atoms with Gasteiger partial charge in [0.15, 0.2) is 11.3 Å². The van der Waals surface area contributed by atoms with Gasteiger partial charge in [-0.05, 0) is 61.2 Å². The van der Waals surface area contributed by atoms with E-state index in [0.717, 1.165) is 18.4 Å². The number of benzene rings is 1. The number of aromatic nitrogens is 6. The first-order valence-electron chi connectivity index (χ1n) is 11.2. The number of rotatable bonds is 5. The molecule has 0 radical (unpaired) electrons. The Bertz CT molecular complexity index is 1660. The van der Waals surface area contributed by atoms with Gasteiger partial charge < -0.3 is 5.32 Å². The van der Waals surface area contributed by atoms with Gasteiger partial charge in [0.05, 0.1) is 22.9 Å². The second kappa shape index (κ2) is 7.99. The van der Waals surface area contributed by atoms with Gasteiger partial charge in [-0.25, -0.2) is 13.9 Å². The van der Waals surface area contributed by atoms with Crippen LogP contribution in [0.1, 0.15) is 42.8 Å². The molecule has 1 saturated carbocycles. The Hall–Kier alpha value is -4.65. The zero-order valence-electron chi connectivity index (χ0n) is 18.7. The molecule has 1 aliphatic rings. The minimum absolute atomic E-state index is 0.00620. The van der Waals surface area contributed by atoms with Crippen LogP contribution in [0.2, 0.25) is 0 Å². The van der Waals surface area contributed by atoms with Crippen molar-refractivity contribution in [1.29, 1.82) is 5.26 Å². The molecule has 0 aliphatic heterocycles. The molecule has 0 bridgehead atoms. The van der Waals surface area contributed by atoms with Crippen molar-refractivity contribution in [1.82, 2.24) is 29.2 Å². The number of fused-ring (bicyclic) bond motifs is 2. The molecule has 35 heavy (non-hydrogen) atoms. The van der Waals surface area contributed by atoms with Crippen LogP contribution < -0.4 is 5.32 Å². The predicted molar refractivity (Wildman–Crippen MR) is 125 cm³/mol. The van der Waals surface area contributed by atoms with Crippen LogP contribution >= 0.6 is 0 Å². The van der Waals surface area contributed by atoms with Crippen molar-refractivity contribution in [3.05, 3.63) is 77.9 Å². The van der Waals surface area contributed by atoms with E-state index in [0.29, 0.717) is 34.1 Å². The van der Waals surface area contributed by atoms with Gasteiger partial charge in [-0.3, -0.25) is 9.20 Å². The average molecular weight is 466 g/mol. The van der Waals surface area contributed by atoms with Crippen molar-refractivity contribution < 1.29 is 9.18 Å². The number of imidazole rings is 1. The van der Waals surface area contributed by atoms with Gasteiger partial charge in [0.1, 0.15) is 17.7 Å². The van der Waals surface area contributed by atoms with Crippen molar-refractivity contribution >= 4 is 22.9 Å². The van der Waals surface area contributed by atoms with E-state index in [-0.39, 0.29) is 23.3 Å². The van der Waals surface area contributed by atoms with Crippen LogP contribution in [0.5, 0.6) is 0 Å². The summed E-state index contributed by atoms with van der Waals surface area (Å²) < 4.78 is 17.3. The first-order valence-corrected chi connectivity index (χ1v) is 11.2. The predicted octanol–water partition coefficient (Wildman–Crippen LogP) is 3.95. The van der Waals surface area contributed by atoms with Crippen LogP contribution in [0.15, 0.2) is 55.0 Å². The number of amides is 1. The van der Waals surface area contributed by atoms with Crippen LogP contribution in [0, 0.1) is 23.1 Å². The SMILES string of the molecule is CC(c1cc(NC(=O)C2CC2)c2nccn2n1)c1nnc2ccc(-c3ccc(F)c(C#N)c3)cn12. The summed E-state index contributed by atoms with van der Waals surface area (Å²) in [6, 6.07) is 11.8. The second-order valence-corrected chi connectivity index (χ2v) is 8.67. The summed E-state index contributed by atoms with van der Waals surface area (Å²) in [5.41, 5.74) is 4.00. The third-order valence-corrected chi connectivity index (χ3v) is 6.26. The highest BCUT2D eigenvalue weighted by Gasteiger charge is 2.30. The maximum Gasteiger partial charge on any atom is 0.227 e. The lowest BCUT2D eigenvalue weighted by Crippen LogP contribution is -2.16. The lowest BCUT2D eigenvalue weighted by atomic mass is 10.0. The lowest BCUT2D eigenvalue weighted by Gasteiger charge is -2.13. The normalized spacial score (nSPS) is 14.2. The summed E-state index contributed by atoms with van der Waals surface area (Å²) in [6.07, 6.45) is 7.05. The van der Waals surface area contributed by atoms with Crippen molar-refractivity contribution in [2.75, 3.05) is 5.32 Å². The fraction of sp³-hybridized carbons (Fsp3) is 0.200. The third kappa shape index (κ3) is 3.67. The van der Waals surface area contributed by atoms with E-state index in [1.54, 1.807) is 23.0 Å². The summed E-state index contributed by atoms with van der Waals surface area (Å²) in [5.74, 6) is -0.122. The molecule has 1 atom stereocenters. The van der Waals surface area contributed by atoms with Gasteiger partial charge >= 0.3 is 0 Å². The molecule has 1 fully saturated rings. The monoisotopic (exact) mass is 466 g/mol. The third-order valence-electron chi connectivity index (χ3n) is 6.26. The molecule has 4 aromatic heterocycles. The highest BCUT2D eigenvalue weighted by molar-refractivity contribution is 5.97. The average Bonchev–Trinajstić information content (AvgIpc) is 3.47. The maximum atomic E-state index is 13.8. The Morgan fingerprint density at radius 3 is 2.83 bits per heavy atom. The van der Waals surface area contributed by atoms with Crippen LogP contribution in [0.25, 0.3) is 22.4 Å². The van der Waals surface area contributed by atoms with E-state index in [4.69, 9.17) is 0 Å². The first kappa shape index (κ1) is 20.9. The maximum absolute atomic E-state index is 13.8. The summed E-state index contributed by atoms with van der Waals surface area (Å²) in [5, 5.41) is 25.6. The Labute approximate surface area is 198 Å². The van der Waals surface area contributed by atoms with Gasteiger partial charge in [-0.2, -0.15) is 10.4 Å². The smallest absolute Gasteiger partial charge is 0.227 e. The quantitative estimate of drug-likeness (QED) is 0.420. The van der Waals surface area contributed by atoms with E-state index < -0.39 is 5.82 Å². The second-order valence-electron chi connectivity index (χ2n) is 8.67. The summed E-state index contributed by atoms with van der Waals surface area (Å²) >= 11 is 0. The number of anilines is 1. The molecule has 1 aliphatic carbocycles. The molecule has 1 N–H and O–H groups in total. The first-order chi connectivity index (χ1) is 17.0. The highest BCUT2D eigenvalue weighted by Crippen LogP contribution is 2.32. The van der Waals surface area contributed by atoms with Gasteiger partial charge in [0.2, 0.25) is 5.91 Å². The molecule has 4 heterocycles. The molecule has 6 rings (SSSR count). The molecule has 5 aromatic rings. The number of carbonyl (C=O) groups excluding carboxylic acids is 1. The number of nitrogens with one attached hydrogen (secondary N) is 1. The number of nitriles is 1. The Kier molecular flexibility index (Phi) is 4.77. The van der Waals surface area contributed by atoms with Gasteiger partial charge in [-0.1, -0.05) is 6.07 Å². The number of hydrogen-bond acceptors (Lipinski definition) is 6. The molecule has 9 nitrogen and oxygen atoms in total.